The molecule has 1 aromatic heterocycles. The van der Waals surface area contributed by atoms with Gasteiger partial charge < -0.3 is 0 Å². The van der Waals surface area contributed by atoms with Crippen molar-refractivity contribution in [3.63, 3.8) is 0 Å². The van der Waals surface area contributed by atoms with Crippen molar-refractivity contribution >= 4 is 29.2 Å². The number of rotatable bonds is 3. The van der Waals surface area contributed by atoms with Crippen LogP contribution in [0.3, 0.4) is 0 Å². The van der Waals surface area contributed by atoms with Crippen molar-refractivity contribution in [2.75, 3.05) is 0 Å². The molecule has 0 aromatic carbocycles. The molecular weight excluding hydrogens is 264 g/mol. The van der Waals surface area contributed by atoms with Crippen LogP contribution in [-0.2, 0) is 16.0 Å². The molecule has 6 heteroatoms. The number of imide groups is 2. The Kier molecular flexibility index (Phi) is 3.45. The highest BCUT2D eigenvalue weighted by atomic mass is 32.1. The van der Waals surface area contributed by atoms with Crippen LogP contribution in [0.2, 0.25) is 0 Å². The van der Waals surface area contributed by atoms with Crippen LogP contribution in [0, 0.1) is 5.41 Å². The van der Waals surface area contributed by atoms with E-state index < -0.39 is 23.3 Å². The molecule has 1 fully saturated rings. The van der Waals surface area contributed by atoms with E-state index in [0.29, 0.717) is 6.42 Å². The quantitative estimate of drug-likeness (QED) is 0.858. The summed E-state index contributed by atoms with van der Waals surface area (Å²) in [6.45, 7) is 4.86. The molecule has 0 saturated carbocycles. The van der Waals surface area contributed by atoms with E-state index in [1.807, 2.05) is 16.8 Å². The smallest absolute Gasteiger partial charge is 0.277 e. The molecule has 0 spiro atoms. The van der Waals surface area contributed by atoms with Crippen molar-refractivity contribution < 1.29 is 14.4 Å². The minimum absolute atomic E-state index is 0.283. The third-order valence-electron chi connectivity index (χ3n) is 3.31. The molecular formula is C13H16N2O3S. The number of nitrogens with one attached hydrogen (secondary N) is 1. The number of amides is 4. The van der Waals surface area contributed by atoms with Gasteiger partial charge in [-0.25, -0.2) is 4.79 Å². The fourth-order valence-electron chi connectivity index (χ4n) is 2.05. The predicted molar refractivity (Wildman–Crippen MR) is 71.7 cm³/mol. The highest BCUT2D eigenvalue weighted by Gasteiger charge is 2.48. The van der Waals surface area contributed by atoms with Crippen LogP contribution in [0.25, 0.3) is 0 Å². The second-order valence-electron chi connectivity index (χ2n) is 5.24. The van der Waals surface area contributed by atoms with Crippen LogP contribution in [-0.4, -0.2) is 28.8 Å². The Balaban J connectivity index is 2.20. The fraction of sp³-hybridized carbons (Fsp3) is 0.462. The number of thiophene rings is 1. The topological polar surface area (TPSA) is 66.5 Å². The molecule has 4 amide bonds. The molecule has 0 bridgehead atoms. The van der Waals surface area contributed by atoms with Gasteiger partial charge in [0.15, 0.2) is 0 Å². The average Bonchev–Trinajstić information content (AvgIpc) is 2.79. The van der Waals surface area contributed by atoms with E-state index >= 15 is 0 Å². The Labute approximate surface area is 115 Å². The number of hydrogen-bond donors (Lipinski definition) is 1. The highest BCUT2D eigenvalue weighted by molar-refractivity contribution is 7.07. The summed E-state index contributed by atoms with van der Waals surface area (Å²) in [5.41, 5.74) is -0.121. The van der Waals surface area contributed by atoms with Gasteiger partial charge in [0.1, 0.15) is 5.41 Å². The fourth-order valence-corrected chi connectivity index (χ4v) is 2.73. The van der Waals surface area contributed by atoms with Crippen LogP contribution in [0.1, 0.15) is 26.3 Å². The number of barbiturate groups is 1. The summed E-state index contributed by atoms with van der Waals surface area (Å²) in [6, 6.07) is 1.05. The zero-order valence-corrected chi connectivity index (χ0v) is 11.9. The summed E-state index contributed by atoms with van der Waals surface area (Å²) >= 11 is 1.57. The van der Waals surface area contributed by atoms with Crippen molar-refractivity contribution in [2.45, 2.75) is 33.2 Å². The van der Waals surface area contributed by atoms with Gasteiger partial charge in [-0.1, -0.05) is 0 Å². The summed E-state index contributed by atoms with van der Waals surface area (Å²) in [6.07, 6.45) is 0.590. The average molecular weight is 280 g/mol. The number of nitrogens with zero attached hydrogens (tertiary/aromatic N) is 1. The highest BCUT2D eigenvalue weighted by Crippen LogP contribution is 2.26. The van der Waals surface area contributed by atoms with Crippen LogP contribution in [0.5, 0.6) is 0 Å². The third kappa shape index (κ3) is 2.40. The standard InChI is InChI=1S/C13H16N2O3S/c1-8(6-9-4-5-19-7-9)15-11(17)13(2,3)10(16)14-12(15)18/h4-5,7-8H,6H2,1-3H3,(H,14,16,18). The second-order valence-corrected chi connectivity index (χ2v) is 6.02. The third-order valence-corrected chi connectivity index (χ3v) is 4.04. The van der Waals surface area contributed by atoms with E-state index in [9.17, 15) is 14.4 Å². The largest absolute Gasteiger partial charge is 0.331 e. The van der Waals surface area contributed by atoms with E-state index in [0.717, 1.165) is 10.5 Å². The van der Waals surface area contributed by atoms with Gasteiger partial charge in [-0.3, -0.25) is 19.8 Å². The van der Waals surface area contributed by atoms with Crippen molar-refractivity contribution in [3.05, 3.63) is 22.4 Å². The van der Waals surface area contributed by atoms with Gasteiger partial charge in [-0.05, 0) is 49.6 Å². The monoisotopic (exact) mass is 280 g/mol. The van der Waals surface area contributed by atoms with Gasteiger partial charge in [0.2, 0.25) is 11.8 Å². The normalized spacial score (nSPS) is 20.4. The van der Waals surface area contributed by atoms with Gasteiger partial charge >= 0.3 is 6.03 Å². The summed E-state index contributed by atoms with van der Waals surface area (Å²) in [5.74, 6) is -0.981. The van der Waals surface area contributed by atoms with Gasteiger partial charge in [0.05, 0.1) is 0 Å². The molecule has 0 radical (unpaired) electrons. The Morgan fingerprint density at radius 1 is 1.37 bits per heavy atom. The number of hydrogen-bond acceptors (Lipinski definition) is 4. The number of carbonyl (C=O) groups excluding carboxylic acids is 3. The van der Waals surface area contributed by atoms with Gasteiger partial charge in [0, 0.05) is 6.04 Å². The van der Waals surface area contributed by atoms with E-state index in [1.165, 1.54) is 13.8 Å². The first-order valence-electron chi connectivity index (χ1n) is 6.04. The van der Waals surface area contributed by atoms with E-state index in [1.54, 1.807) is 18.3 Å². The van der Waals surface area contributed by atoms with E-state index in [2.05, 4.69) is 5.32 Å². The summed E-state index contributed by atoms with van der Waals surface area (Å²) in [5, 5.41) is 6.18. The zero-order chi connectivity index (χ0) is 14.2. The SMILES string of the molecule is CC(Cc1ccsc1)N1C(=O)NC(=O)C(C)(C)C1=O. The molecule has 1 N–H and O–H groups in total. The minimum Gasteiger partial charge on any atom is -0.277 e. The first kappa shape index (κ1) is 13.7. The first-order valence-corrected chi connectivity index (χ1v) is 6.98. The molecule has 1 saturated heterocycles. The van der Waals surface area contributed by atoms with Crippen molar-refractivity contribution in [1.29, 1.82) is 0 Å². The molecule has 2 heterocycles. The van der Waals surface area contributed by atoms with Crippen LogP contribution in [0.4, 0.5) is 4.79 Å². The van der Waals surface area contributed by atoms with E-state index in [-0.39, 0.29) is 6.04 Å². The van der Waals surface area contributed by atoms with Crippen LogP contribution >= 0.6 is 11.3 Å². The summed E-state index contributed by atoms with van der Waals surface area (Å²) in [4.78, 5) is 36.9. The van der Waals surface area contributed by atoms with Crippen LogP contribution in [0.15, 0.2) is 16.8 Å². The maximum atomic E-state index is 12.3. The molecule has 2 rings (SSSR count). The Hall–Kier alpha value is -1.69. The van der Waals surface area contributed by atoms with Crippen LogP contribution < -0.4 is 5.32 Å². The Bertz CT molecular complexity index is 522. The second kappa shape index (κ2) is 4.77. The lowest BCUT2D eigenvalue weighted by molar-refractivity contribution is -0.150. The molecule has 5 nitrogen and oxygen atoms in total. The zero-order valence-electron chi connectivity index (χ0n) is 11.1. The van der Waals surface area contributed by atoms with Crippen molar-refractivity contribution in [2.24, 2.45) is 5.41 Å². The predicted octanol–water partition coefficient (Wildman–Crippen LogP) is 1.78. The van der Waals surface area contributed by atoms with E-state index in [4.69, 9.17) is 0 Å². The molecule has 1 unspecified atom stereocenters. The lowest BCUT2D eigenvalue weighted by Gasteiger charge is -2.37. The first-order chi connectivity index (χ1) is 8.84. The number of urea groups is 1. The van der Waals surface area contributed by atoms with Gasteiger partial charge in [-0.2, -0.15) is 11.3 Å². The Morgan fingerprint density at radius 2 is 2.05 bits per heavy atom. The lowest BCUT2D eigenvalue weighted by atomic mass is 9.88. The molecule has 1 aliphatic rings. The molecule has 1 aliphatic heterocycles. The molecule has 102 valence electrons. The lowest BCUT2D eigenvalue weighted by Crippen LogP contribution is -2.64. The molecule has 1 atom stereocenters. The molecule has 1 aromatic rings. The van der Waals surface area contributed by atoms with Gasteiger partial charge in [0.25, 0.3) is 0 Å². The molecule has 19 heavy (non-hydrogen) atoms. The minimum atomic E-state index is -1.20. The molecule has 0 aliphatic carbocycles. The Morgan fingerprint density at radius 3 is 2.63 bits per heavy atom. The summed E-state index contributed by atoms with van der Waals surface area (Å²) in [7, 11) is 0. The summed E-state index contributed by atoms with van der Waals surface area (Å²) < 4.78 is 0. The number of carbonyl (C=O) groups is 3. The maximum Gasteiger partial charge on any atom is 0.331 e. The van der Waals surface area contributed by atoms with Crippen molar-refractivity contribution in [3.8, 4) is 0 Å². The van der Waals surface area contributed by atoms with Crippen molar-refractivity contribution in [1.82, 2.24) is 10.2 Å². The van der Waals surface area contributed by atoms with Gasteiger partial charge in [-0.15, -0.1) is 0 Å². The maximum absolute atomic E-state index is 12.3.